The van der Waals surface area contributed by atoms with Gasteiger partial charge in [0.1, 0.15) is 6.54 Å². The lowest BCUT2D eigenvalue weighted by Gasteiger charge is -2.27. The Morgan fingerprint density at radius 3 is 2.48 bits per heavy atom. The van der Waals surface area contributed by atoms with Crippen molar-refractivity contribution in [3.05, 3.63) is 29.3 Å². The first kappa shape index (κ1) is 17.5. The van der Waals surface area contributed by atoms with Gasteiger partial charge in [-0.05, 0) is 36.8 Å². The highest BCUT2D eigenvalue weighted by molar-refractivity contribution is 5.95. The first-order valence-corrected chi connectivity index (χ1v) is 8.56. The van der Waals surface area contributed by atoms with E-state index in [0.717, 1.165) is 42.5 Å². The van der Waals surface area contributed by atoms with E-state index in [-0.39, 0.29) is 24.4 Å². The number of rotatable bonds is 5. The van der Waals surface area contributed by atoms with Crippen LogP contribution in [0.5, 0.6) is 0 Å². The Morgan fingerprint density at radius 1 is 1.26 bits per heavy atom. The van der Waals surface area contributed by atoms with Gasteiger partial charge in [-0.3, -0.25) is 9.59 Å². The van der Waals surface area contributed by atoms with E-state index in [1.54, 1.807) is 11.8 Å². The molecule has 1 aromatic carbocycles. The molecule has 2 rings (SSSR count). The molecule has 4 heteroatoms. The zero-order valence-corrected chi connectivity index (χ0v) is 14.7. The van der Waals surface area contributed by atoms with E-state index < -0.39 is 0 Å². The molecule has 2 amide bonds. The fraction of sp³-hybridized carbons (Fsp3) is 0.579. The first-order valence-electron chi connectivity index (χ1n) is 8.56. The summed E-state index contributed by atoms with van der Waals surface area (Å²) in [7, 11) is 0. The van der Waals surface area contributed by atoms with Crippen molar-refractivity contribution in [2.45, 2.75) is 65.3 Å². The summed E-state index contributed by atoms with van der Waals surface area (Å²) in [6, 6.07) is 6.29. The second kappa shape index (κ2) is 7.62. The zero-order chi connectivity index (χ0) is 17.0. The summed E-state index contributed by atoms with van der Waals surface area (Å²) in [6.45, 7) is 7.93. The van der Waals surface area contributed by atoms with Crippen molar-refractivity contribution >= 4 is 17.5 Å². The predicted molar refractivity (Wildman–Crippen MR) is 93.5 cm³/mol. The van der Waals surface area contributed by atoms with Crippen LogP contribution in [-0.4, -0.2) is 29.3 Å². The maximum absolute atomic E-state index is 12.5. The molecule has 1 aliphatic rings. The molecular weight excluding hydrogens is 288 g/mol. The molecule has 0 saturated heterocycles. The third kappa shape index (κ3) is 4.34. The van der Waals surface area contributed by atoms with Crippen LogP contribution in [0, 0.1) is 6.92 Å². The van der Waals surface area contributed by atoms with Crippen molar-refractivity contribution < 1.29 is 9.59 Å². The summed E-state index contributed by atoms with van der Waals surface area (Å²) in [5.41, 5.74) is 3.08. The number of benzene rings is 1. The maximum Gasteiger partial charge on any atom is 0.244 e. The van der Waals surface area contributed by atoms with E-state index in [4.69, 9.17) is 0 Å². The minimum atomic E-state index is -0.108. The molecule has 0 radical (unpaired) electrons. The summed E-state index contributed by atoms with van der Waals surface area (Å²) in [5.74, 6) is 0.216. The van der Waals surface area contributed by atoms with E-state index in [2.05, 4.69) is 19.2 Å². The van der Waals surface area contributed by atoms with Crippen LogP contribution in [0.1, 0.15) is 63.5 Å². The first-order chi connectivity index (χ1) is 10.9. The Kier molecular flexibility index (Phi) is 5.80. The van der Waals surface area contributed by atoms with Crippen molar-refractivity contribution in [3.63, 3.8) is 0 Å². The molecule has 0 atom stereocenters. The van der Waals surface area contributed by atoms with Crippen LogP contribution < -0.4 is 5.32 Å². The number of carbonyl (C=O) groups is 2. The molecule has 0 heterocycles. The van der Waals surface area contributed by atoms with E-state index in [0.29, 0.717) is 5.92 Å². The fourth-order valence-electron chi connectivity index (χ4n) is 3.39. The highest BCUT2D eigenvalue weighted by Gasteiger charge is 2.26. The molecule has 4 nitrogen and oxygen atoms in total. The normalized spacial score (nSPS) is 15.0. The number of amides is 2. The number of carbonyl (C=O) groups excluding carboxylic acids is 2. The Balaban J connectivity index is 2.11. The van der Waals surface area contributed by atoms with Gasteiger partial charge in [-0.15, -0.1) is 0 Å². The van der Waals surface area contributed by atoms with Gasteiger partial charge in [0.2, 0.25) is 11.8 Å². The van der Waals surface area contributed by atoms with Gasteiger partial charge >= 0.3 is 0 Å². The van der Waals surface area contributed by atoms with Crippen molar-refractivity contribution in [2.24, 2.45) is 0 Å². The molecule has 0 aromatic heterocycles. The summed E-state index contributed by atoms with van der Waals surface area (Å²) in [4.78, 5) is 26.1. The topological polar surface area (TPSA) is 49.4 Å². The Bertz CT molecular complexity index is 575. The smallest absolute Gasteiger partial charge is 0.244 e. The maximum atomic E-state index is 12.5. The number of anilines is 1. The van der Waals surface area contributed by atoms with Crippen molar-refractivity contribution in [1.29, 1.82) is 0 Å². The van der Waals surface area contributed by atoms with Gasteiger partial charge in [0.05, 0.1) is 0 Å². The zero-order valence-electron chi connectivity index (χ0n) is 14.7. The molecule has 23 heavy (non-hydrogen) atoms. The van der Waals surface area contributed by atoms with E-state index in [9.17, 15) is 9.59 Å². The molecule has 0 unspecified atom stereocenters. The summed E-state index contributed by atoms with van der Waals surface area (Å²) in [6.07, 6.45) is 4.31. The number of nitrogens with one attached hydrogen (secondary N) is 1. The molecular formula is C19H28N2O2. The molecule has 0 aliphatic heterocycles. The highest BCUT2D eigenvalue weighted by Crippen LogP contribution is 2.28. The van der Waals surface area contributed by atoms with Crippen molar-refractivity contribution in [2.75, 3.05) is 11.9 Å². The standard InChI is InChI=1S/C19H28N2O2/c1-13(2)17-11-7-8-14(3)19(17)20-18(23)12-21(15(4)22)16-9-5-6-10-16/h7-8,11,13,16H,5-6,9-10,12H2,1-4H3,(H,20,23). The van der Waals surface area contributed by atoms with Crippen LogP contribution in [-0.2, 0) is 9.59 Å². The van der Waals surface area contributed by atoms with Crippen LogP contribution in [0.3, 0.4) is 0 Å². The minimum Gasteiger partial charge on any atom is -0.331 e. The molecule has 1 fully saturated rings. The minimum absolute atomic E-state index is 0.0130. The van der Waals surface area contributed by atoms with Gasteiger partial charge < -0.3 is 10.2 Å². The van der Waals surface area contributed by atoms with E-state index >= 15 is 0 Å². The molecule has 1 aromatic rings. The van der Waals surface area contributed by atoms with Gasteiger partial charge in [0.15, 0.2) is 0 Å². The molecule has 1 saturated carbocycles. The number of para-hydroxylation sites is 1. The predicted octanol–water partition coefficient (Wildman–Crippen LogP) is 3.85. The second-order valence-electron chi connectivity index (χ2n) is 6.83. The lowest BCUT2D eigenvalue weighted by molar-refractivity contribution is -0.135. The molecule has 1 aliphatic carbocycles. The van der Waals surface area contributed by atoms with Gasteiger partial charge in [-0.1, -0.05) is 44.9 Å². The third-order valence-electron chi connectivity index (χ3n) is 4.68. The Morgan fingerprint density at radius 2 is 1.91 bits per heavy atom. The Labute approximate surface area is 139 Å². The summed E-state index contributed by atoms with van der Waals surface area (Å²) in [5, 5.41) is 3.04. The van der Waals surface area contributed by atoms with Crippen LogP contribution in [0.4, 0.5) is 5.69 Å². The van der Waals surface area contributed by atoms with Crippen LogP contribution in [0.2, 0.25) is 0 Å². The number of hydrogen-bond acceptors (Lipinski definition) is 2. The van der Waals surface area contributed by atoms with E-state index in [1.165, 1.54) is 0 Å². The molecule has 126 valence electrons. The van der Waals surface area contributed by atoms with Gasteiger partial charge in [-0.2, -0.15) is 0 Å². The third-order valence-corrected chi connectivity index (χ3v) is 4.68. The van der Waals surface area contributed by atoms with Crippen LogP contribution in [0.15, 0.2) is 18.2 Å². The molecule has 0 bridgehead atoms. The number of nitrogens with zero attached hydrogens (tertiary/aromatic N) is 1. The van der Waals surface area contributed by atoms with Crippen LogP contribution in [0.25, 0.3) is 0 Å². The highest BCUT2D eigenvalue weighted by atomic mass is 16.2. The lowest BCUT2D eigenvalue weighted by atomic mass is 9.98. The molecule has 0 spiro atoms. The monoisotopic (exact) mass is 316 g/mol. The van der Waals surface area contributed by atoms with Crippen molar-refractivity contribution in [1.82, 2.24) is 4.90 Å². The average Bonchev–Trinajstić information content (AvgIpc) is 3.00. The number of hydrogen-bond donors (Lipinski definition) is 1. The Hall–Kier alpha value is -1.84. The van der Waals surface area contributed by atoms with E-state index in [1.807, 2.05) is 25.1 Å². The average molecular weight is 316 g/mol. The summed E-state index contributed by atoms with van der Waals surface area (Å²) < 4.78 is 0. The SMILES string of the molecule is CC(=O)N(CC(=O)Nc1c(C)cccc1C(C)C)C1CCCC1. The van der Waals surface area contributed by atoms with Crippen LogP contribution >= 0.6 is 0 Å². The number of aryl methyl sites for hydroxylation is 1. The molecule has 1 N–H and O–H groups in total. The fourth-order valence-corrected chi connectivity index (χ4v) is 3.39. The van der Waals surface area contributed by atoms with Crippen molar-refractivity contribution in [3.8, 4) is 0 Å². The van der Waals surface area contributed by atoms with Gasteiger partial charge in [-0.25, -0.2) is 0 Å². The van der Waals surface area contributed by atoms with Gasteiger partial charge in [0, 0.05) is 18.7 Å². The largest absolute Gasteiger partial charge is 0.331 e. The second-order valence-corrected chi connectivity index (χ2v) is 6.83. The summed E-state index contributed by atoms with van der Waals surface area (Å²) >= 11 is 0. The lowest BCUT2D eigenvalue weighted by Crippen LogP contribution is -2.42. The quantitative estimate of drug-likeness (QED) is 0.897. The van der Waals surface area contributed by atoms with Gasteiger partial charge in [0.25, 0.3) is 0 Å².